The van der Waals surface area contributed by atoms with Gasteiger partial charge in [0.15, 0.2) is 0 Å². The summed E-state index contributed by atoms with van der Waals surface area (Å²) >= 11 is 0. The van der Waals surface area contributed by atoms with Crippen molar-refractivity contribution >= 4 is 29.1 Å². The number of unbranched alkanes of at least 4 members (excludes halogenated alkanes) is 2. The van der Waals surface area contributed by atoms with E-state index in [0.717, 1.165) is 19.3 Å². The molecule has 7 nitrogen and oxygen atoms in total. The van der Waals surface area contributed by atoms with Crippen molar-refractivity contribution in [1.82, 2.24) is 0 Å². The molecule has 0 bridgehead atoms. The summed E-state index contributed by atoms with van der Waals surface area (Å²) in [5.41, 5.74) is 1.61. The van der Waals surface area contributed by atoms with Crippen molar-refractivity contribution in [3.63, 3.8) is 0 Å². The smallest absolute Gasteiger partial charge is 0.338 e. The summed E-state index contributed by atoms with van der Waals surface area (Å²) in [4.78, 5) is 40.7. The first-order valence-corrected chi connectivity index (χ1v) is 13.2. The van der Waals surface area contributed by atoms with Crippen molar-refractivity contribution in [2.75, 3.05) is 11.5 Å². The minimum atomic E-state index is -0.896. The van der Waals surface area contributed by atoms with Crippen LogP contribution in [0.3, 0.4) is 0 Å². The number of aliphatic hydroxyl groups excluding tert-OH is 1. The van der Waals surface area contributed by atoms with Gasteiger partial charge in [0.25, 0.3) is 11.7 Å². The number of aliphatic hydroxyl groups is 1. The maximum absolute atomic E-state index is 13.4. The van der Waals surface area contributed by atoms with Gasteiger partial charge in [-0.1, -0.05) is 56.2 Å². The average Bonchev–Trinajstić information content (AvgIpc) is 3.21. The van der Waals surface area contributed by atoms with Crippen molar-refractivity contribution < 1.29 is 29.0 Å². The fourth-order valence-corrected chi connectivity index (χ4v) is 4.52. The van der Waals surface area contributed by atoms with E-state index in [4.69, 9.17) is 9.47 Å². The summed E-state index contributed by atoms with van der Waals surface area (Å²) in [6, 6.07) is 21.3. The summed E-state index contributed by atoms with van der Waals surface area (Å²) in [5.74, 6) is -1.76. The van der Waals surface area contributed by atoms with Crippen LogP contribution in [-0.2, 0) is 14.3 Å². The molecule has 3 aromatic carbocycles. The number of hydrogen-bond acceptors (Lipinski definition) is 6. The van der Waals surface area contributed by atoms with Gasteiger partial charge in [-0.15, -0.1) is 0 Å². The molecule has 1 fully saturated rings. The predicted molar refractivity (Wildman–Crippen MR) is 150 cm³/mol. The SMILES string of the molecule is CCCCCOc1ccc(/C(O)=C2\C(=O)C(=O)N(c3cccc(C(=O)OC(C)C)c3)C2c2ccccc2)cc1. The molecule has 1 heterocycles. The van der Waals surface area contributed by atoms with Gasteiger partial charge in [0.1, 0.15) is 11.5 Å². The highest BCUT2D eigenvalue weighted by atomic mass is 16.5. The quantitative estimate of drug-likeness (QED) is 0.107. The second kappa shape index (κ2) is 12.4. The van der Waals surface area contributed by atoms with E-state index in [1.54, 1.807) is 80.6 Å². The third-order valence-corrected chi connectivity index (χ3v) is 6.41. The summed E-state index contributed by atoms with van der Waals surface area (Å²) in [7, 11) is 0. The number of anilines is 1. The van der Waals surface area contributed by atoms with E-state index >= 15 is 0 Å². The fraction of sp³-hybridized carbons (Fsp3) is 0.281. The second-order valence-corrected chi connectivity index (χ2v) is 9.66. The largest absolute Gasteiger partial charge is 0.507 e. The van der Waals surface area contributed by atoms with Gasteiger partial charge in [-0.2, -0.15) is 0 Å². The highest BCUT2D eigenvalue weighted by Gasteiger charge is 2.47. The molecule has 1 amide bonds. The monoisotopic (exact) mass is 527 g/mol. The van der Waals surface area contributed by atoms with E-state index < -0.39 is 23.7 Å². The molecule has 1 atom stereocenters. The lowest BCUT2D eigenvalue weighted by atomic mass is 9.95. The Morgan fingerprint density at radius 3 is 2.31 bits per heavy atom. The Kier molecular flexibility index (Phi) is 8.81. The van der Waals surface area contributed by atoms with Crippen LogP contribution in [0.15, 0.2) is 84.4 Å². The predicted octanol–water partition coefficient (Wildman–Crippen LogP) is 6.45. The normalized spacial score (nSPS) is 16.5. The van der Waals surface area contributed by atoms with Crippen LogP contribution in [0.5, 0.6) is 5.75 Å². The molecule has 7 heteroatoms. The van der Waals surface area contributed by atoms with Crippen molar-refractivity contribution in [2.24, 2.45) is 0 Å². The summed E-state index contributed by atoms with van der Waals surface area (Å²) in [6.45, 7) is 6.23. The molecule has 202 valence electrons. The van der Waals surface area contributed by atoms with Gasteiger partial charge >= 0.3 is 5.97 Å². The molecule has 39 heavy (non-hydrogen) atoms. The van der Waals surface area contributed by atoms with Gasteiger partial charge in [0.2, 0.25) is 0 Å². The van der Waals surface area contributed by atoms with Crippen LogP contribution in [0, 0.1) is 0 Å². The molecular formula is C32H33NO6. The highest BCUT2D eigenvalue weighted by molar-refractivity contribution is 6.51. The molecule has 1 saturated heterocycles. The molecule has 1 N–H and O–H groups in total. The fourth-order valence-electron chi connectivity index (χ4n) is 4.52. The first-order chi connectivity index (χ1) is 18.8. The van der Waals surface area contributed by atoms with E-state index in [1.165, 1.54) is 11.0 Å². The van der Waals surface area contributed by atoms with Crippen LogP contribution in [0.1, 0.15) is 67.6 Å². The second-order valence-electron chi connectivity index (χ2n) is 9.66. The zero-order chi connectivity index (χ0) is 27.9. The van der Waals surface area contributed by atoms with Gasteiger partial charge in [-0.05, 0) is 68.3 Å². The van der Waals surface area contributed by atoms with Gasteiger partial charge in [-0.3, -0.25) is 14.5 Å². The molecule has 1 unspecified atom stereocenters. The third kappa shape index (κ3) is 6.20. The Bertz CT molecular complexity index is 1360. The van der Waals surface area contributed by atoms with Crippen LogP contribution < -0.4 is 9.64 Å². The number of carbonyl (C=O) groups is 3. The Hall–Kier alpha value is -4.39. The van der Waals surface area contributed by atoms with E-state index in [1.807, 2.05) is 6.07 Å². The lowest BCUT2D eigenvalue weighted by Crippen LogP contribution is -2.29. The highest BCUT2D eigenvalue weighted by Crippen LogP contribution is 2.42. The number of esters is 1. The molecule has 1 aliphatic rings. The van der Waals surface area contributed by atoms with Gasteiger partial charge in [-0.25, -0.2) is 4.79 Å². The first kappa shape index (κ1) is 27.6. The minimum Gasteiger partial charge on any atom is -0.507 e. The van der Waals surface area contributed by atoms with Crippen LogP contribution >= 0.6 is 0 Å². The van der Waals surface area contributed by atoms with E-state index in [0.29, 0.717) is 29.2 Å². The van der Waals surface area contributed by atoms with E-state index in [-0.39, 0.29) is 23.0 Å². The minimum absolute atomic E-state index is 0.0297. The van der Waals surface area contributed by atoms with Crippen molar-refractivity contribution in [3.8, 4) is 5.75 Å². The van der Waals surface area contributed by atoms with Crippen LogP contribution in [0.25, 0.3) is 5.76 Å². The number of Topliss-reactive ketones (excluding diaryl/α,β-unsaturated/α-hetero) is 1. The Balaban J connectivity index is 1.74. The van der Waals surface area contributed by atoms with Crippen LogP contribution in [0.4, 0.5) is 5.69 Å². The zero-order valence-corrected chi connectivity index (χ0v) is 22.4. The van der Waals surface area contributed by atoms with Crippen LogP contribution in [-0.4, -0.2) is 35.5 Å². The topological polar surface area (TPSA) is 93.1 Å². The van der Waals surface area contributed by atoms with E-state index in [9.17, 15) is 19.5 Å². The summed E-state index contributed by atoms with van der Waals surface area (Å²) in [6.07, 6.45) is 2.82. The van der Waals surface area contributed by atoms with Crippen molar-refractivity contribution in [3.05, 3.63) is 101 Å². The molecule has 1 aliphatic heterocycles. The lowest BCUT2D eigenvalue weighted by Gasteiger charge is -2.25. The number of ketones is 1. The average molecular weight is 528 g/mol. The Morgan fingerprint density at radius 2 is 1.64 bits per heavy atom. The maximum atomic E-state index is 13.4. The number of hydrogen-bond donors (Lipinski definition) is 1. The number of rotatable bonds is 10. The number of ether oxygens (including phenoxy) is 2. The Labute approximate surface area is 228 Å². The molecule has 4 rings (SSSR count). The number of amides is 1. The Morgan fingerprint density at radius 1 is 0.923 bits per heavy atom. The van der Waals surface area contributed by atoms with Gasteiger partial charge in [0.05, 0.1) is 29.9 Å². The van der Waals surface area contributed by atoms with Crippen molar-refractivity contribution in [2.45, 2.75) is 52.2 Å². The van der Waals surface area contributed by atoms with Gasteiger partial charge in [0, 0.05) is 11.3 Å². The molecule has 0 spiro atoms. The number of benzene rings is 3. The zero-order valence-electron chi connectivity index (χ0n) is 22.4. The molecule has 3 aromatic rings. The van der Waals surface area contributed by atoms with Crippen LogP contribution in [0.2, 0.25) is 0 Å². The summed E-state index contributed by atoms with van der Waals surface area (Å²) in [5, 5.41) is 11.3. The van der Waals surface area contributed by atoms with Crippen molar-refractivity contribution in [1.29, 1.82) is 0 Å². The molecular weight excluding hydrogens is 494 g/mol. The molecule has 0 aromatic heterocycles. The first-order valence-electron chi connectivity index (χ1n) is 13.2. The molecule has 0 radical (unpaired) electrons. The van der Waals surface area contributed by atoms with E-state index in [2.05, 4.69) is 6.92 Å². The third-order valence-electron chi connectivity index (χ3n) is 6.41. The maximum Gasteiger partial charge on any atom is 0.338 e. The number of carbonyl (C=O) groups excluding carboxylic acids is 3. The standard InChI is InChI=1S/C32H33NO6/c1-4-5-9-19-38-26-17-15-23(16-18-26)29(34)27-28(22-11-7-6-8-12-22)33(31(36)30(27)35)25-14-10-13-24(20-25)32(37)39-21(2)3/h6-8,10-18,20-21,28,34H,4-5,9,19H2,1-3H3/b29-27+. The number of nitrogens with zero attached hydrogens (tertiary/aromatic N) is 1. The van der Waals surface area contributed by atoms with Gasteiger partial charge < -0.3 is 14.6 Å². The molecule has 0 aliphatic carbocycles. The summed E-state index contributed by atoms with van der Waals surface area (Å²) < 4.78 is 11.1. The molecule has 0 saturated carbocycles. The lowest BCUT2D eigenvalue weighted by molar-refractivity contribution is -0.132.